The van der Waals surface area contributed by atoms with Crippen LogP contribution in [-0.4, -0.2) is 38.5 Å². The lowest BCUT2D eigenvalue weighted by Gasteiger charge is -2.43. The first-order chi connectivity index (χ1) is 9.71. The van der Waals surface area contributed by atoms with Gasteiger partial charge >= 0.3 is 0 Å². The van der Waals surface area contributed by atoms with E-state index in [0.29, 0.717) is 11.1 Å². The Hall–Kier alpha value is 0.137. The zero-order valence-electron chi connectivity index (χ0n) is 15.7. The largest absolute Gasteiger partial charge is 0.414 e. The van der Waals surface area contributed by atoms with Gasteiger partial charge in [-0.1, -0.05) is 34.6 Å². The van der Waals surface area contributed by atoms with Crippen LogP contribution in [0.1, 0.15) is 73.1 Å². The first-order valence-electron chi connectivity index (χ1n) is 9.13. The van der Waals surface area contributed by atoms with Crippen molar-refractivity contribution >= 4 is 8.32 Å². The normalized spacial score (nSPS) is 24.6. The Balaban J connectivity index is 2.48. The summed E-state index contributed by atoms with van der Waals surface area (Å²) in [4.78, 5) is 2.72. The Kier molecular flexibility index (Phi) is 7.42. The minimum absolute atomic E-state index is 0.334. The summed E-state index contributed by atoms with van der Waals surface area (Å²) in [5.74, 6) is 0. The third-order valence-electron chi connectivity index (χ3n) is 5.45. The van der Waals surface area contributed by atoms with Gasteiger partial charge in [0, 0.05) is 12.1 Å². The first kappa shape index (κ1) is 19.2. The van der Waals surface area contributed by atoms with Crippen molar-refractivity contribution in [2.45, 2.75) is 103 Å². The van der Waals surface area contributed by atoms with Gasteiger partial charge in [0.25, 0.3) is 0 Å². The van der Waals surface area contributed by atoms with Gasteiger partial charge < -0.3 is 9.33 Å². The van der Waals surface area contributed by atoms with Crippen LogP contribution in [0.4, 0.5) is 0 Å². The summed E-state index contributed by atoms with van der Waals surface area (Å²) in [5.41, 5.74) is 0. The van der Waals surface area contributed by atoms with E-state index < -0.39 is 8.32 Å². The molecule has 1 fully saturated rings. The summed E-state index contributed by atoms with van der Waals surface area (Å²) in [6, 6.07) is 0.809. The lowest BCUT2D eigenvalue weighted by molar-refractivity contribution is 0.0795. The van der Waals surface area contributed by atoms with E-state index in [1.54, 1.807) is 0 Å². The highest BCUT2D eigenvalue weighted by molar-refractivity contribution is 6.74. The number of rotatable bonds is 7. The van der Waals surface area contributed by atoms with E-state index in [1.165, 1.54) is 51.6 Å². The third kappa shape index (κ3) is 5.68. The van der Waals surface area contributed by atoms with E-state index in [0.717, 1.165) is 6.04 Å². The number of hydrogen-bond donors (Lipinski definition) is 0. The van der Waals surface area contributed by atoms with Crippen LogP contribution >= 0.6 is 0 Å². The molecule has 0 aliphatic heterocycles. The monoisotopic (exact) mass is 313 g/mol. The quantitative estimate of drug-likeness (QED) is 0.580. The van der Waals surface area contributed by atoms with Gasteiger partial charge in [0.05, 0.1) is 0 Å². The van der Waals surface area contributed by atoms with Crippen LogP contribution in [0.3, 0.4) is 0 Å². The van der Waals surface area contributed by atoms with E-state index in [1.807, 2.05) is 0 Å². The van der Waals surface area contributed by atoms with Gasteiger partial charge in [-0.15, -0.1) is 0 Å². The zero-order valence-corrected chi connectivity index (χ0v) is 16.7. The van der Waals surface area contributed by atoms with E-state index in [-0.39, 0.29) is 0 Å². The van der Waals surface area contributed by atoms with Crippen LogP contribution in [-0.2, 0) is 4.43 Å². The van der Waals surface area contributed by atoms with E-state index in [2.05, 4.69) is 52.6 Å². The topological polar surface area (TPSA) is 12.5 Å². The fourth-order valence-corrected chi connectivity index (χ4v) is 4.60. The van der Waals surface area contributed by atoms with Crippen LogP contribution in [0.5, 0.6) is 0 Å². The third-order valence-corrected chi connectivity index (χ3v) is 9.98. The second-order valence-electron chi connectivity index (χ2n) is 8.34. The van der Waals surface area contributed by atoms with Gasteiger partial charge in [-0.2, -0.15) is 0 Å². The number of hydrogen-bond acceptors (Lipinski definition) is 2. The molecule has 0 heterocycles. The maximum atomic E-state index is 6.61. The van der Waals surface area contributed by atoms with Gasteiger partial charge in [-0.05, 0) is 69.7 Å². The minimum atomic E-state index is -1.59. The van der Waals surface area contributed by atoms with E-state index >= 15 is 0 Å². The van der Waals surface area contributed by atoms with Crippen LogP contribution in [0.2, 0.25) is 18.1 Å². The SMILES string of the molecule is CCCN(CCC)C1CCC(O[Si](C)(C)C(C)(C)C)CC1. The van der Waals surface area contributed by atoms with Gasteiger partial charge in [0.2, 0.25) is 0 Å². The van der Waals surface area contributed by atoms with Crippen molar-refractivity contribution in [3.8, 4) is 0 Å². The molecule has 1 aliphatic rings. The van der Waals surface area contributed by atoms with Gasteiger partial charge in [-0.25, -0.2) is 0 Å². The molecule has 0 spiro atoms. The maximum Gasteiger partial charge on any atom is 0.192 e. The highest BCUT2D eigenvalue weighted by Crippen LogP contribution is 2.39. The van der Waals surface area contributed by atoms with Crippen molar-refractivity contribution in [1.82, 2.24) is 4.90 Å². The van der Waals surface area contributed by atoms with Gasteiger partial charge in [0.15, 0.2) is 8.32 Å². The van der Waals surface area contributed by atoms with Crippen molar-refractivity contribution in [1.29, 1.82) is 0 Å². The van der Waals surface area contributed by atoms with Crippen LogP contribution in [0, 0.1) is 0 Å². The molecule has 21 heavy (non-hydrogen) atoms. The average molecular weight is 314 g/mol. The maximum absolute atomic E-state index is 6.61. The Morgan fingerprint density at radius 1 is 0.952 bits per heavy atom. The summed E-state index contributed by atoms with van der Waals surface area (Å²) >= 11 is 0. The van der Waals surface area contributed by atoms with Crippen LogP contribution in [0.15, 0.2) is 0 Å². The van der Waals surface area contributed by atoms with Crippen molar-refractivity contribution in [3.63, 3.8) is 0 Å². The second-order valence-corrected chi connectivity index (χ2v) is 13.1. The molecule has 0 amide bonds. The van der Waals surface area contributed by atoms with Gasteiger partial charge in [0.1, 0.15) is 0 Å². The Morgan fingerprint density at radius 2 is 1.43 bits per heavy atom. The molecule has 3 heteroatoms. The standard InChI is InChI=1S/C18H39NOSi/c1-8-14-19(15-9-2)16-10-12-17(13-11-16)20-21(6,7)18(3,4)5/h16-17H,8-15H2,1-7H3. The lowest BCUT2D eigenvalue weighted by atomic mass is 9.92. The highest BCUT2D eigenvalue weighted by Gasteiger charge is 2.40. The molecule has 0 aromatic heterocycles. The Labute approximate surface area is 134 Å². The van der Waals surface area contributed by atoms with Crippen molar-refractivity contribution in [2.75, 3.05) is 13.1 Å². The van der Waals surface area contributed by atoms with Crippen molar-refractivity contribution in [3.05, 3.63) is 0 Å². The summed E-state index contributed by atoms with van der Waals surface area (Å²) in [5, 5.41) is 0.334. The summed E-state index contributed by atoms with van der Waals surface area (Å²) in [6.07, 6.45) is 8.27. The van der Waals surface area contributed by atoms with E-state index in [4.69, 9.17) is 4.43 Å². The summed E-state index contributed by atoms with van der Waals surface area (Å²) in [6.45, 7) is 18.9. The summed E-state index contributed by atoms with van der Waals surface area (Å²) < 4.78 is 6.61. The molecule has 0 unspecified atom stereocenters. The molecule has 0 N–H and O–H groups in total. The predicted octanol–water partition coefficient (Wildman–Crippen LogP) is 5.44. The molecule has 126 valence electrons. The second kappa shape index (κ2) is 8.12. The predicted molar refractivity (Wildman–Crippen MR) is 96.5 cm³/mol. The smallest absolute Gasteiger partial charge is 0.192 e. The van der Waals surface area contributed by atoms with Crippen molar-refractivity contribution in [2.24, 2.45) is 0 Å². The molecule has 2 nitrogen and oxygen atoms in total. The molecule has 0 bridgehead atoms. The molecule has 0 aromatic carbocycles. The molecule has 0 aromatic rings. The van der Waals surface area contributed by atoms with Crippen LogP contribution < -0.4 is 0 Å². The fraction of sp³-hybridized carbons (Fsp3) is 1.00. The molecule has 0 atom stereocenters. The molecule has 0 saturated heterocycles. The lowest BCUT2D eigenvalue weighted by Crippen LogP contribution is -2.46. The van der Waals surface area contributed by atoms with E-state index in [9.17, 15) is 0 Å². The highest BCUT2D eigenvalue weighted by atomic mass is 28.4. The minimum Gasteiger partial charge on any atom is -0.414 e. The molecule has 1 saturated carbocycles. The Bertz CT molecular complexity index is 284. The van der Waals surface area contributed by atoms with Crippen molar-refractivity contribution < 1.29 is 4.43 Å². The van der Waals surface area contributed by atoms with Gasteiger partial charge in [-0.3, -0.25) is 0 Å². The molecule has 0 radical (unpaired) electrons. The molecule has 1 rings (SSSR count). The molecule has 1 aliphatic carbocycles. The zero-order chi connectivity index (χ0) is 16.1. The Morgan fingerprint density at radius 3 is 1.81 bits per heavy atom. The number of nitrogens with zero attached hydrogens (tertiary/aromatic N) is 1. The molecular formula is C18H39NOSi. The summed E-state index contributed by atoms with van der Waals surface area (Å²) in [7, 11) is -1.59. The van der Waals surface area contributed by atoms with Crippen LogP contribution in [0.25, 0.3) is 0 Å². The first-order valence-corrected chi connectivity index (χ1v) is 12.0. The molecular weight excluding hydrogens is 274 g/mol. The average Bonchev–Trinajstić information content (AvgIpc) is 2.38. The fourth-order valence-electron chi connectivity index (χ4n) is 3.17.